The second-order valence-electron chi connectivity index (χ2n) is 5.08. The van der Waals surface area contributed by atoms with Crippen LogP contribution in [0.15, 0.2) is 41.8 Å². The van der Waals surface area contributed by atoms with Gasteiger partial charge in [0.2, 0.25) is 0 Å². The Morgan fingerprint density at radius 3 is 2.89 bits per heavy atom. The Kier molecular flexibility index (Phi) is 3.85. The molecule has 0 spiro atoms. The van der Waals surface area contributed by atoms with Gasteiger partial charge in [-0.2, -0.15) is 0 Å². The molecule has 0 amide bonds. The molecule has 0 aliphatic carbocycles. The van der Waals surface area contributed by atoms with Gasteiger partial charge in [-0.15, -0.1) is 11.3 Å². The van der Waals surface area contributed by atoms with Gasteiger partial charge in [0.25, 0.3) is 0 Å². The summed E-state index contributed by atoms with van der Waals surface area (Å²) < 4.78 is 5.48. The third-order valence-corrected chi connectivity index (χ3v) is 4.67. The number of para-hydroxylation sites is 1. The molecule has 3 rings (SSSR count). The Bertz CT molecular complexity index is 517. The lowest BCUT2D eigenvalue weighted by Crippen LogP contribution is -2.26. The number of nitrogens with one attached hydrogen (secondary N) is 1. The Morgan fingerprint density at radius 1 is 1.26 bits per heavy atom. The van der Waals surface area contributed by atoms with Crippen molar-refractivity contribution in [3.63, 3.8) is 0 Å². The minimum absolute atomic E-state index is 0.448. The number of hydrogen-bond acceptors (Lipinski definition) is 3. The number of hydrogen-bond donors (Lipinski definition) is 1. The van der Waals surface area contributed by atoms with Crippen LogP contribution in [-0.4, -0.2) is 19.3 Å². The first-order valence-corrected chi connectivity index (χ1v) is 7.70. The fraction of sp³-hybridized carbons (Fsp3) is 0.375. The van der Waals surface area contributed by atoms with E-state index in [4.69, 9.17) is 4.74 Å². The van der Waals surface area contributed by atoms with Gasteiger partial charge in [0.05, 0.1) is 6.61 Å². The fourth-order valence-electron chi connectivity index (χ4n) is 2.57. The van der Waals surface area contributed by atoms with Crippen molar-refractivity contribution in [2.75, 3.05) is 18.5 Å². The molecule has 0 saturated carbocycles. The molecular weight excluding hydrogens is 254 g/mol. The molecule has 100 valence electrons. The topological polar surface area (TPSA) is 21.3 Å². The molecule has 1 fully saturated rings. The highest BCUT2D eigenvalue weighted by molar-refractivity contribution is 7.13. The molecule has 0 bridgehead atoms. The fourth-order valence-corrected chi connectivity index (χ4v) is 3.33. The zero-order valence-corrected chi connectivity index (χ0v) is 12.0. The average molecular weight is 273 g/mol. The van der Waals surface area contributed by atoms with Gasteiger partial charge in [-0.05, 0) is 30.9 Å². The first-order chi connectivity index (χ1) is 9.34. The average Bonchev–Trinajstić information content (AvgIpc) is 3.13. The van der Waals surface area contributed by atoms with Gasteiger partial charge in [-0.1, -0.05) is 24.3 Å². The molecule has 1 aromatic carbocycles. The molecule has 1 aromatic heterocycles. The van der Waals surface area contributed by atoms with Crippen LogP contribution < -0.4 is 5.32 Å². The molecule has 2 unspecified atom stereocenters. The molecule has 19 heavy (non-hydrogen) atoms. The van der Waals surface area contributed by atoms with E-state index in [-0.39, 0.29) is 0 Å². The molecule has 1 aliphatic heterocycles. The van der Waals surface area contributed by atoms with E-state index in [1.807, 2.05) is 0 Å². The van der Waals surface area contributed by atoms with E-state index in [0.717, 1.165) is 19.6 Å². The monoisotopic (exact) mass is 273 g/mol. The second kappa shape index (κ2) is 5.76. The summed E-state index contributed by atoms with van der Waals surface area (Å²) >= 11 is 1.78. The van der Waals surface area contributed by atoms with Gasteiger partial charge in [-0.3, -0.25) is 0 Å². The summed E-state index contributed by atoms with van der Waals surface area (Å²) in [5, 5.41) is 5.79. The van der Waals surface area contributed by atoms with Crippen molar-refractivity contribution in [3.8, 4) is 10.4 Å². The van der Waals surface area contributed by atoms with Crippen LogP contribution in [0.4, 0.5) is 5.69 Å². The lowest BCUT2D eigenvalue weighted by Gasteiger charge is -2.22. The molecule has 2 nitrogen and oxygen atoms in total. The van der Waals surface area contributed by atoms with Gasteiger partial charge >= 0.3 is 0 Å². The zero-order chi connectivity index (χ0) is 13.1. The normalized spacial score (nSPS) is 20.4. The number of ether oxygens (including phenoxy) is 1. The van der Waals surface area contributed by atoms with Crippen molar-refractivity contribution in [2.45, 2.75) is 19.4 Å². The number of anilines is 1. The second-order valence-corrected chi connectivity index (χ2v) is 6.03. The maximum Gasteiger partial charge on any atom is 0.0514 e. The van der Waals surface area contributed by atoms with E-state index in [2.05, 4.69) is 54.0 Å². The van der Waals surface area contributed by atoms with Crippen molar-refractivity contribution >= 4 is 17.0 Å². The predicted molar refractivity (Wildman–Crippen MR) is 81.8 cm³/mol. The van der Waals surface area contributed by atoms with Crippen LogP contribution in [0.3, 0.4) is 0 Å². The number of benzene rings is 1. The Balaban J connectivity index is 1.80. The number of rotatable bonds is 4. The van der Waals surface area contributed by atoms with Gasteiger partial charge in [0.15, 0.2) is 0 Å². The van der Waals surface area contributed by atoms with E-state index in [9.17, 15) is 0 Å². The maximum atomic E-state index is 5.48. The summed E-state index contributed by atoms with van der Waals surface area (Å²) in [7, 11) is 0. The van der Waals surface area contributed by atoms with Crippen LogP contribution >= 0.6 is 11.3 Å². The molecular formula is C16H19NOS. The third-order valence-electron chi connectivity index (χ3n) is 3.77. The van der Waals surface area contributed by atoms with Crippen molar-refractivity contribution in [3.05, 3.63) is 41.8 Å². The molecule has 2 heterocycles. The van der Waals surface area contributed by atoms with Crippen molar-refractivity contribution in [1.29, 1.82) is 0 Å². The van der Waals surface area contributed by atoms with Crippen molar-refractivity contribution in [2.24, 2.45) is 5.92 Å². The molecule has 2 atom stereocenters. The van der Waals surface area contributed by atoms with Crippen LogP contribution in [0.2, 0.25) is 0 Å². The number of thiophene rings is 1. The van der Waals surface area contributed by atoms with Crippen LogP contribution in [0.1, 0.15) is 13.3 Å². The van der Waals surface area contributed by atoms with Gasteiger partial charge in [0.1, 0.15) is 0 Å². The van der Waals surface area contributed by atoms with E-state index < -0.39 is 0 Å². The summed E-state index contributed by atoms with van der Waals surface area (Å²) in [6.07, 6.45) is 1.16. The first kappa shape index (κ1) is 12.7. The Labute approximate surface area is 118 Å². The van der Waals surface area contributed by atoms with E-state index in [0.29, 0.717) is 12.0 Å². The lowest BCUT2D eigenvalue weighted by molar-refractivity contribution is 0.183. The Hall–Kier alpha value is -1.32. The van der Waals surface area contributed by atoms with Gasteiger partial charge in [0, 0.05) is 34.7 Å². The van der Waals surface area contributed by atoms with Crippen LogP contribution in [-0.2, 0) is 4.74 Å². The zero-order valence-electron chi connectivity index (χ0n) is 11.1. The highest BCUT2D eigenvalue weighted by Crippen LogP contribution is 2.32. The predicted octanol–water partition coefficient (Wildman–Crippen LogP) is 4.25. The maximum absolute atomic E-state index is 5.48. The van der Waals surface area contributed by atoms with E-state index in [1.165, 1.54) is 16.1 Å². The lowest BCUT2D eigenvalue weighted by atomic mass is 10.00. The minimum atomic E-state index is 0.448. The molecule has 0 radical (unpaired) electrons. The molecule has 1 aliphatic rings. The van der Waals surface area contributed by atoms with Gasteiger partial charge < -0.3 is 10.1 Å². The molecule has 1 saturated heterocycles. The van der Waals surface area contributed by atoms with Crippen molar-refractivity contribution in [1.82, 2.24) is 0 Å². The molecule has 1 N–H and O–H groups in total. The van der Waals surface area contributed by atoms with Crippen LogP contribution in [0, 0.1) is 5.92 Å². The Morgan fingerprint density at radius 2 is 2.16 bits per heavy atom. The molecule has 3 heteroatoms. The summed E-state index contributed by atoms with van der Waals surface area (Å²) in [6, 6.07) is 13.3. The standard InChI is InChI=1S/C16H19NOS/c1-12(13-8-9-18-11-13)17-15-6-3-2-5-14(15)16-7-4-10-19-16/h2-7,10,12-13,17H,8-9,11H2,1H3. The summed E-state index contributed by atoms with van der Waals surface area (Å²) in [5.74, 6) is 0.622. The third kappa shape index (κ3) is 2.82. The summed E-state index contributed by atoms with van der Waals surface area (Å²) in [4.78, 5) is 1.32. The van der Waals surface area contributed by atoms with E-state index in [1.54, 1.807) is 11.3 Å². The smallest absolute Gasteiger partial charge is 0.0514 e. The van der Waals surface area contributed by atoms with Crippen LogP contribution in [0.5, 0.6) is 0 Å². The SMILES string of the molecule is CC(Nc1ccccc1-c1cccs1)C1CCOC1. The van der Waals surface area contributed by atoms with Gasteiger partial charge in [-0.25, -0.2) is 0 Å². The van der Waals surface area contributed by atoms with E-state index >= 15 is 0 Å². The first-order valence-electron chi connectivity index (χ1n) is 6.82. The minimum Gasteiger partial charge on any atom is -0.382 e. The summed E-state index contributed by atoms with van der Waals surface area (Å²) in [5.41, 5.74) is 2.52. The highest BCUT2D eigenvalue weighted by atomic mass is 32.1. The largest absolute Gasteiger partial charge is 0.382 e. The molecule has 2 aromatic rings. The highest BCUT2D eigenvalue weighted by Gasteiger charge is 2.22. The quantitative estimate of drug-likeness (QED) is 0.899. The van der Waals surface area contributed by atoms with Crippen molar-refractivity contribution < 1.29 is 4.74 Å². The summed E-state index contributed by atoms with van der Waals surface area (Å²) in [6.45, 7) is 4.04. The van der Waals surface area contributed by atoms with Crippen LogP contribution in [0.25, 0.3) is 10.4 Å².